The fraction of sp³-hybridized carbons (Fsp3) is 0.250. The van der Waals surface area contributed by atoms with Crippen LogP contribution in [-0.2, 0) is 6.54 Å². The molecule has 0 fully saturated rings. The number of aromatic nitrogens is 3. The third-order valence-corrected chi connectivity index (χ3v) is 2.47. The number of hydrogen-bond acceptors (Lipinski definition) is 5. The smallest absolute Gasteiger partial charge is 0.355 e. The fourth-order valence-electron chi connectivity index (χ4n) is 1.51. The Morgan fingerprint density at radius 2 is 2.00 bits per heavy atom. The van der Waals surface area contributed by atoms with E-state index in [2.05, 4.69) is 10.3 Å². The minimum absolute atomic E-state index is 0.0401. The number of methoxy groups -OCH3 is 1. The minimum Gasteiger partial charge on any atom is -0.497 e. The van der Waals surface area contributed by atoms with Crippen LogP contribution in [0.25, 0.3) is 0 Å². The molecule has 0 unspecified atom stereocenters. The SMILES string of the molecule is COc1ccc(OCCn2nncc2C(=O)O)cc1. The van der Waals surface area contributed by atoms with Crippen molar-refractivity contribution in [1.29, 1.82) is 0 Å². The van der Waals surface area contributed by atoms with Gasteiger partial charge in [0.15, 0.2) is 5.69 Å². The Morgan fingerprint density at radius 1 is 1.32 bits per heavy atom. The number of ether oxygens (including phenoxy) is 2. The van der Waals surface area contributed by atoms with Crippen molar-refractivity contribution in [3.63, 3.8) is 0 Å². The van der Waals surface area contributed by atoms with Gasteiger partial charge in [-0.15, -0.1) is 5.10 Å². The van der Waals surface area contributed by atoms with Crippen LogP contribution in [0.5, 0.6) is 11.5 Å². The van der Waals surface area contributed by atoms with Crippen LogP contribution < -0.4 is 9.47 Å². The third-order valence-electron chi connectivity index (χ3n) is 2.47. The normalized spacial score (nSPS) is 10.2. The van der Waals surface area contributed by atoms with Crippen LogP contribution in [0.3, 0.4) is 0 Å². The highest BCUT2D eigenvalue weighted by Gasteiger charge is 2.10. The van der Waals surface area contributed by atoms with Gasteiger partial charge in [-0.05, 0) is 24.3 Å². The Kier molecular flexibility index (Phi) is 3.97. The van der Waals surface area contributed by atoms with Crippen LogP contribution in [0.4, 0.5) is 0 Å². The second-order valence-electron chi connectivity index (χ2n) is 3.67. The zero-order chi connectivity index (χ0) is 13.7. The molecule has 2 aromatic rings. The molecule has 0 amide bonds. The molecule has 19 heavy (non-hydrogen) atoms. The number of hydrogen-bond donors (Lipinski definition) is 1. The van der Waals surface area contributed by atoms with E-state index in [4.69, 9.17) is 14.6 Å². The van der Waals surface area contributed by atoms with E-state index in [1.54, 1.807) is 31.4 Å². The van der Waals surface area contributed by atoms with E-state index in [1.807, 2.05) is 0 Å². The lowest BCUT2D eigenvalue weighted by Gasteiger charge is -2.07. The standard InChI is InChI=1S/C12H13N3O4/c1-18-9-2-4-10(5-3-9)19-7-6-15-11(12(16)17)8-13-14-15/h2-5,8H,6-7H2,1H3,(H,16,17). The quantitative estimate of drug-likeness (QED) is 0.838. The van der Waals surface area contributed by atoms with Crippen molar-refractivity contribution >= 4 is 5.97 Å². The van der Waals surface area contributed by atoms with E-state index in [-0.39, 0.29) is 5.69 Å². The van der Waals surface area contributed by atoms with Gasteiger partial charge in [0, 0.05) is 0 Å². The van der Waals surface area contributed by atoms with E-state index >= 15 is 0 Å². The van der Waals surface area contributed by atoms with Gasteiger partial charge in [-0.1, -0.05) is 5.21 Å². The number of nitrogens with zero attached hydrogens (tertiary/aromatic N) is 3. The predicted molar refractivity (Wildman–Crippen MR) is 65.5 cm³/mol. The molecule has 0 saturated heterocycles. The molecule has 1 aromatic carbocycles. The maximum absolute atomic E-state index is 10.8. The van der Waals surface area contributed by atoms with Crippen molar-refractivity contribution in [2.75, 3.05) is 13.7 Å². The van der Waals surface area contributed by atoms with Crippen LogP contribution >= 0.6 is 0 Å². The summed E-state index contributed by atoms with van der Waals surface area (Å²) in [6.07, 6.45) is 1.20. The lowest BCUT2D eigenvalue weighted by molar-refractivity contribution is 0.0682. The topological polar surface area (TPSA) is 86.5 Å². The first-order valence-electron chi connectivity index (χ1n) is 5.59. The molecule has 0 aliphatic heterocycles. The van der Waals surface area contributed by atoms with Crippen molar-refractivity contribution in [2.45, 2.75) is 6.54 Å². The van der Waals surface area contributed by atoms with Gasteiger partial charge in [0.05, 0.1) is 19.9 Å². The Bertz CT molecular complexity index is 550. The predicted octanol–water partition coefficient (Wildman–Crippen LogP) is 1.06. The molecule has 1 aromatic heterocycles. The average Bonchev–Trinajstić information content (AvgIpc) is 2.88. The summed E-state index contributed by atoms with van der Waals surface area (Å²) in [5, 5.41) is 16.1. The molecule has 1 heterocycles. The van der Waals surface area contributed by atoms with Crippen molar-refractivity contribution < 1.29 is 19.4 Å². The molecule has 0 aliphatic carbocycles. The van der Waals surface area contributed by atoms with Gasteiger partial charge in [-0.25, -0.2) is 9.48 Å². The summed E-state index contributed by atoms with van der Waals surface area (Å²) in [4.78, 5) is 10.8. The van der Waals surface area contributed by atoms with E-state index in [0.29, 0.717) is 18.9 Å². The molecule has 0 spiro atoms. The zero-order valence-corrected chi connectivity index (χ0v) is 10.3. The van der Waals surface area contributed by atoms with Gasteiger partial charge in [-0.3, -0.25) is 0 Å². The number of carboxylic acid groups (broad SMARTS) is 1. The number of carbonyl (C=O) groups is 1. The zero-order valence-electron chi connectivity index (χ0n) is 10.3. The van der Waals surface area contributed by atoms with Gasteiger partial charge in [0.2, 0.25) is 0 Å². The van der Waals surface area contributed by atoms with Gasteiger partial charge in [0.1, 0.15) is 18.1 Å². The number of carboxylic acids is 1. The molecule has 0 aliphatic rings. The molecule has 0 saturated carbocycles. The minimum atomic E-state index is -1.06. The first kappa shape index (κ1) is 12.9. The van der Waals surface area contributed by atoms with E-state index in [0.717, 1.165) is 5.75 Å². The molecule has 0 atom stereocenters. The Labute approximate surface area is 109 Å². The van der Waals surface area contributed by atoms with Gasteiger partial charge in [-0.2, -0.15) is 0 Å². The Balaban J connectivity index is 1.89. The fourth-order valence-corrected chi connectivity index (χ4v) is 1.51. The summed E-state index contributed by atoms with van der Waals surface area (Å²) in [5.74, 6) is 0.365. The molecular formula is C12H13N3O4. The summed E-state index contributed by atoms with van der Waals surface area (Å²) in [6, 6.07) is 7.12. The molecule has 1 N–H and O–H groups in total. The lowest BCUT2D eigenvalue weighted by Crippen LogP contribution is -2.15. The number of rotatable bonds is 6. The summed E-state index contributed by atoms with van der Waals surface area (Å²) >= 11 is 0. The molecule has 2 rings (SSSR count). The second kappa shape index (κ2) is 5.85. The monoisotopic (exact) mass is 263 g/mol. The molecule has 0 radical (unpaired) electrons. The van der Waals surface area contributed by atoms with Crippen molar-refractivity contribution in [3.05, 3.63) is 36.2 Å². The first-order valence-corrected chi connectivity index (χ1v) is 5.59. The van der Waals surface area contributed by atoms with Gasteiger partial charge in [0.25, 0.3) is 0 Å². The Morgan fingerprint density at radius 3 is 2.63 bits per heavy atom. The maximum Gasteiger partial charge on any atom is 0.355 e. The van der Waals surface area contributed by atoms with Crippen LogP contribution in [0.2, 0.25) is 0 Å². The van der Waals surface area contributed by atoms with Crippen molar-refractivity contribution in [2.24, 2.45) is 0 Å². The molecular weight excluding hydrogens is 250 g/mol. The summed E-state index contributed by atoms with van der Waals surface area (Å²) in [7, 11) is 1.59. The summed E-state index contributed by atoms with van der Waals surface area (Å²) in [6.45, 7) is 0.615. The lowest BCUT2D eigenvalue weighted by atomic mass is 10.3. The first-order chi connectivity index (χ1) is 9.20. The van der Waals surface area contributed by atoms with Crippen molar-refractivity contribution in [3.8, 4) is 11.5 Å². The highest BCUT2D eigenvalue weighted by atomic mass is 16.5. The third kappa shape index (κ3) is 3.21. The van der Waals surface area contributed by atoms with E-state index < -0.39 is 5.97 Å². The number of benzene rings is 1. The molecule has 0 bridgehead atoms. The average molecular weight is 263 g/mol. The van der Waals surface area contributed by atoms with Gasteiger partial charge < -0.3 is 14.6 Å². The van der Waals surface area contributed by atoms with Gasteiger partial charge >= 0.3 is 5.97 Å². The van der Waals surface area contributed by atoms with Crippen LogP contribution in [-0.4, -0.2) is 39.8 Å². The summed E-state index contributed by atoms with van der Waals surface area (Å²) < 4.78 is 11.8. The highest BCUT2D eigenvalue weighted by Crippen LogP contribution is 2.16. The molecule has 100 valence electrons. The van der Waals surface area contributed by atoms with Crippen LogP contribution in [0, 0.1) is 0 Å². The molecule has 7 nitrogen and oxygen atoms in total. The van der Waals surface area contributed by atoms with E-state index in [9.17, 15) is 4.79 Å². The maximum atomic E-state index is 10.8. The van der Waals surface area contributed by atoms with E-state index in [1.165, 1.54) is 10.9 Å². The largest absolute Gasteiger partial charge is 0.497 e. The highest BCUT2D eigenvalue weighted by molar-refractivity contribution is 5.85. The van der Waals surface area contributed by atoms with Crippen LogP contribution in [0.15, 0.2) is 30.5 Å². The van der Waals surface area contributed by atoms with Crippen molar-refractivity contribution in [1.82, 2.24) is 15.0 Å². The van der Waals surface area contributed by atoms with Crippen LogP contribution in [0.1, 0.15) is 10.5 Å². The number of aromatic carboxylic acids is 1. The molecule has 7 heteroatoms. The Hall–Kier alpha value is -2.57. The summed E-state index contributed by atoms with van der Waals surface area (Å²) in [5.41, 5.74) is 0.0401. The second-order valence-corrected chi connectivity index (χ2v) is 3.67.